The molecule has 0 saturated heterocycles. The van der Waals surface area contributed by atoms with Gasteiger partial charge in [-0.05, 0) is 26.0 Å². The van der Waals surface area contributed by atoms with E-state index in [0.29, 0.717) is 28.4 Å². The van der Waals surface area contributed by atoms with Crippen LogP contribution in [0.3, 0.4) is 0 Å². The second-order valence-electron chi connectivity index (χ2n) is 5.31. The van der Waals surface area contributed by atoms with Crippen molar-refractivity contribution in [2.45, 2.75) is 18.9 Å². The minimum absolute atomic E-state index is 0.0225. The number of nitrogens with zero attached hydrogens (tertiary/aromatic N) is 1. The Hall–Kier alpha value is -2.81. The molecule has 0 aliphatic rings. The molecule has 0 aliphatic heterocycles. The number of aromatic nitrogens is 2. The van der Waals surface area contributed by atoms with Crippen molar-refractivity contribution < 1.29 is 19.1 Å². The van der Waals surface area contributed by atoms with E-state index in [0.717, 1.165) is 11.8 Å². The smallest absolute Gasteiger partial charge is 0.346 e. The molecular weight excluding hydrogens is 358 g/mol. The first kappa shape index (κ1) is 19.5. The molecule has 2 rings (SSSR count). The number of benzene rings is 1. The number of amides is 1. The Kier molecular flexibility index (Phi) is 6.40. The van der Waals surface area contributed by atoms with Crippen LogP contribution in [0.25, 0.3) is 0 Å². The van der Waals surface area contributed by atoms with E-state index in [4.69, 9.17) is 9.47 Å². The number of hydrogen-bond acceptors (Lipinski definition) is 7. The van der Waals surface area contributed by atoms with E-state index in [1.165, 1.54) is 21.1 Å². The summed E-state index contributed by atoms with van der Waals surface area (Å²) in [5.74, 6) is 0.477. The maximum atomic E-state index is 12.2. The molecule has 9 heteroatoms. The molecule has 0 unspecified atom stereocenters. The number of Topliss-reactive ketones (excluding diaryl/α,β-unsaturated/α-hetero) is 1. The summed E-state index contributed by atoms with van der Waals surface area (Å²) in [7, 11) is 3.02. The Morgan fingerprint density at radius 1 is 1.27 bits per heavy atom. The van der Waals surface area contributed by atoms with Gasteiger partial charge in [-0.15, -0.1) is 0 Å². The maximum absolute atomic E-state index is 12.2. The minimum atomic E-state index is -0.563. The van der Waals surface area contributed by atoms with Gasteiger partial charge < -0.3 is 19.8 Å². The highest BCUT2D eigenvalue weighted by molar-refractivity contribution is 8.00. The average Bonchev–Trinajstić information content (AvgIpc) is 2.59. The van der Waals surface area contributed by atoms with Crippen LogP contribution in [0.15, 0.2) is 28.0 Å². The second kappa shape index (κ2) is 8.52. The summed E-state index contributed by atoms with van der Waals surface area (Å²) in [6.45, 7) is 3.00. The summed E-state index contributed by atoms with van der Waals surface area (Å²) in [4.78, 5) is 41.8. The molecule has 0 fully saturated rings. The number of methoxy groups -OCH3 is 2. The predicted octanol–water partition coefficient (Wildman–Crippen LogP) is 2.03. The molecular formula is C17H19N3O5S. The van der Waals surface area contributed by atoms with Gasteiger partial charge in [-0.3, -0.25) is 9.59 Å². The molecule has 1 aromatic heterocycles. The van der Waals surface area contributed by atoms with Crippen LogP contribution in [-0.4, -0.2) is 41.6 Å². The molecule has 0 radical (unpaired) electrons. The molecule has 2 N–H and O–H groups in total. The molecule has 1 amide bonds. The molecule has 0 spiro atoms. The van der Waals surface area contributed by atoms with E-state index in [1.807, 2.05) is 0 Å². The average molecular weight is 377 g/mol. The van der Waals surface area contributed by atoms with Gasteiger partial charge in [-0.1, -0.05) is 11.8 Å². The van der Waals surface area contributed by atoms with E-state index in [9.17, 15) is 14.4 Å². The Morgan fingerprint density at radius 2 is 2.00 bits per heavy atom. The van der Waals surface area contributed by atoms with Crippen LogP contribution >= 0.6 is 11.8 Å². The molecule has 1 aromatic carbocycles. The summed E-state index contributed by atoms with van der Waals surface area (Å²) in [5, 5.41) is 2.95. The number of ketones is 1. The van der Waals surface area contributed by atoms with E-state index in [1.54, 1.807) is 25.1 Å². The largest absolute Gasteiger partial charge is 0.497 e. The van der Waals surface area contributed by atoms with Crippen LogP contribution < -0.4 is 20.5 Å². The van der Waals surface area contributed by atoms with Gasteiger partial charge in [-0.2, -0.15) is 4.98 Å². The lowest BCUT2D eigenvalue weighted by Gasteiger charge is -2.12. The number of aromatic amines is 1. The number of rotatable bonds is 7. The number of nitrogens with one attached hydrogen (secondary N) is 2. The number of aryl methyl sites for hydroxylation is 1. The molecule has 0 bridgehead atoms. The molecule has 8 nitrogen and oxygen atoms in total. The van der Waals surface area contributed by atoms with Gasteiger partial charge in [0, 0.05) is 11.8 Å². The van der Waals surface area contributed by atoms with Crippen molar-refractivity contribution in [3.63, 3.8) is 0 Å². The third-order valence-corrected chi connectivity index (χ3v) is 4.44. The van der Waals surface area contributed by atoms with Gasteiger partial charge in [0.2, 0.25) is 5.91 Å². The first-order valence-electron chi connectivity index (χ1n) is 7.62. The molecule has 1 heterocycles. The fourth-order valence-electron chi connectivity index (χ4n) is 2.30. The highest BCUT2D eigenvalue weighted by Crippen LogP contribution is 2.29. The van der Waals surface area contributed by atoms with Crippen LogP contribution in [0.2, 0.25) is 0 Å². The Bertz CT molecular complexity index is 894. The van der Waals surface area contributed by atoms with Gasteiger partial charge in [0.05, 0.1) is 31.2 Å². The van der Waals surface area contributed by atoms with Gasteiger partial charge in [0.25, 0.3) is 0 Å². The number of thioether (sulfide) groups is 1. The minimum Gasteiger partial charge on any atom is -0.497 e. The molecule has 26 heavy (non-hydrogen) atoms. The second-order valence-corrected chi connectivity index (χ2v) is 6.27. The van der Waals surface area contributed by atoms with E-state index < -0.39 is 5.69 Å². The van der Waals surface area contributed by atoms with Crippen LogP contribution in [0.1, 0.15) is 23.0 Å². The molecule has 2 aromatic rings. The van der Waals surface area contributed by atoms with Crippen LogP contribution in [0.5, 0.6) is 11.5 Å². The zero-order chi connectivity index (χ0) is 19.3. The normalized spacial score (nSPS) is 10.3. The first-order chi connectivity index (χ1) is 12.3. The highest BCUT2D eigenvalue weighted by Gasteiger charge is 2.16. The van der Waals surface area contributed by atoms with Crippen molar-refractivity contribution in [1.29, 1.82) is 0 Å². The topological polar surface area (TPSA) is 110 Å². The summed E-state index contributed by atoms with van der Waals surface area (Å²) < 4.78 is 10.3. The quantitative estimate of drug-likeness (QED) is 0.431. The van der Waals surface area contributed by atoms with Crippen molar-refractivity contribution in [3.8, 4) is 11.5 Å². The van der Waals surface area contributed by atoms with Crippen molar-refractivity contribution >= 4 is 29.1 Å². The first-order valence-corrected chi connectivity index (χ1v) is 8.60. The van der Waals surface area contributed by atoms with Crippen LogP contribution in [0, 0.1) is 6.92 Å². The Morgan fingerprint density at radius 3 is 2.62 bits per heavy atom. The highest BCUT2D eigenvalue weighted by atomic mass is 32.2. The SMILES string of the molecule is COc1ccc(NC(=O)CSc2nc(=O)[nH]c(C)c2C(C)=O)c(OC)c1. The number of carbonyl (C=O) groups is 2. The monoisotopic (exact) mass is 377 g/mol. The lowest BCUT2D eigenvalue weighted by molar-refractivity contribution is -0.113. The number of carbonyl (C=O) groups excluding carboxylic acids is 2. The van der Waals surface area contributed by atoms with Gasteiger partial charge in [0.1, 0.15) is 16.5 Å². The number of ether oxygens (including phenoxy) is 2. The van der Waals surface area contributed by atoms with Crippen molar-refractivity contribution in [2.75, 3.05) is 25.3 Å². The predicted molar refractivity (Wildman–Crippen MR) is 98.5 cm³/mol. The summed E-state index contributed by atoms with van der Waals surface area (Å²) >= 11 is 1.02. The lowest BCUT2D eigenvalue weighted by Crippen LogP contribution is -2.19. The zero-order valence-electron chi connectivity index (χ0n) is 14.8. The van der Waals surface area contributed by atoms with E-state index in [-0.39, 0.29) is 22.5 Å². The van der Waals surface area contributed by atoms with Crippen molar-refractivity contribution in [3.05, 3.63) is 39.9 Å². The van der Waals surface area contributed by atoms with E-state index >= 15 is 0 Å². The molecule has 0 saturated carbocycles. The zero-order valence-corrected chi connectivity index (χ0v) is 15.7. The summed E-state index contributed by atoms with van der Waals surface area (Å²) in [6.07, 6.45) is 0. The molecule has 0 aliphatic carbocycles. The van der Waals surface area contributed by atoms with Crippen molar-refractivity contribution in [1.82, 2.24) is 9.97 Å². The summed E-state index contributed by atoms with van der Waals surface area (Å²) in [5.41, 5.74) is 0.662. The number of H-pyrrole nitrogens is 1. The number of hydrogen-bond donors (Lipinski definition) is 2. The summed E-state index contributed by atoms with van der Waals surface area (Å²) in [6, 6.07) is 5.01. The fourth-order valence-corrected chi connectivity index (χ4v) is 3.23. The van der Waals surface area contributed by atoms with Crippen molar-refractivity contribution in [2.24, 2.45) is 0 Å². The van der Waals surface area contributed by atoms with Crippen LogP contribution in [-0.2, 0) is 4.79 Å². The van der Waals surface area contributed by atoms with Crippen LogP contribution in [0.4, 0.5) is 5.69 Å². The van der Waals surface area contributed by atoms with Gasteiger partial charge in [0.15, 0.2) is 5.78 Å². The maximum Gasteiger partial charge on any atom is 0.346 e. The fraction of sp³-hybridized carbons (Fsp3) is 0.294. The number of anilines is 1. The van der Waals surface area contributed by atoms with Gasteiger partial charge >= 0.3 is 5.69 Å². The van der Waals surface area contributed by atoms with Gasteiger partial charge in [-0.25, -0.2) is 4.79 Å². The third kappa shape index (κ3) is 4.63. The standard InChI is InChI=1S/C17H19N3O5S/c1-9-15(10(2)21)16(20-17(23)18-9)26-8-14(22)19-12-6-5-11(24-3)7-13(12)25-4/h5-7H,8H2,1-4H3,(H,19,22)(H,18,20,23). The molecule has 138 valence electrons. The Labute approximate surface area is 154 Å². The lowest BCUT2D eigenvalue weighted by atomic mass is 10.2. The Balaban J connectivity index is 2.13. The molecule has 0 atom stereocenters. The van der Waals surface area contributed by atoms with E-state index in [2.05, 4.69) is 15.3 Å². The third-order valence-electron chi connectivity index (χ3n) is 3.46.